The Hall–Kier alpha value is -1.42. The summed E-state index contributed by atoms with van der Waals surface area (Å²) >= 11 is 0. The second-order valence-corrected chi connectivity index (χ2v) is 3.39. The van der Waals surface area contributed by atoms with E-state index in [1.54, 1.807) is 19.2 Å². The molecule has 1 atom stereocenters. The summed E-state index contributed by atoms with van der Waals surface area (Å²) in [6, 6.07) is 5.34. The van der Waals surface area contributed by atoms with Crippen molar-refractivity contribution in [2.45, 2.75) is 19.4 Å². The maximum atomic E-state index is 12.9. The van der Waals surface area contributed by atoms with Gasteiger partial charge in [-0.25, -0.2) is 4.39 Å². The Morgan fingerprint density at radius 3 is 2.80 bits per heavy atom. The lowest BCUT2D eigenvalue weighted by Crippen LogP contribution is -2.41. The third-order valence-corrected chi connectivity index (χ3v) is 2.28. The molecule has 0 bridgehead atoms. The van der Waals surface area contributed by atoms with Gasteiger partial charge in [0.05, 0.1) is 6.04 Å². The van der Waals surface area contributed by atoms with Crippen LogP contribution in [0, 0.1) is 5.82 Å². The Morgan fingerprint density at radius 2 is 2.27 bits per heavy atom. The highest BCUT2D eigenvalue weighted by atomic mass is 19.1. The highest BCUT2D eigenvalue weighted by Crippen LogP contribution is 2.14. The number of rotatable bonds is 3. The van der Waals surface area contributed by atoms with E-state index in [1.807, 2.05) is 6.92 Å². The summed E-state index contributed by atoms with van der Waals surface area (Å²) in [5.74, 6) is -0.569. The number of carbonyl (C=O) groups excluding carboxylic acids is 1. The molecule has 0 radical (unpaired) electrons. The van der Waals surface area contributed by atoms with Crippen LogP contribution in [0.1, 0.15) is 13.3 Å². The van der Waals surface area contributed by atoms with Crippen LogP contribution in [-0.2, 0) is 4.79 Å². The summed E-state index contributed by atoms with van der Waals surface area (Å²) in [6.45, 7) is 1.84. The molecule has 0 aliphatic heterocycles. The van der Waals surface area contributed by atoms with Gasteiger partial charge in [0.2, 0.25) is 5.91 Å². The van der Waals surface area contributed by atoms with E-state index in [2.05, 4.69) is 0 Å². The number of hydrogen-bond acceptors (Lipinski definition) is 2. The molecule has 0 aliphatic carbocycles. The van der Waals surface area contributed by atoms with Crippen LogP contribution in [0.3, 0.4) is 0 Å². The fraction of sp³-hybridized carbons (Fsp3) is 0.364. The van der Waals surface area contributed by atoms with E-state index >= 15 is 0 Å². The zero-order chi connectivity index (χ0) is 11.4. The molecule has 0 unspecified atom stereocenters. The van der Waals surface area contributed by atoms with E-state index in [0.717, 1.165) is 0 Å². The fourth-order valence-electron chi connectivity index (χ4n) is 1.24. The Balaban J connectivity index is 2.85. The molecule has 0 aliphatic rings. The lowest BCUT2D eigenvalue weighted by molar-refractivity contribution is -0.119. The maximum Gasteiger partial charge on any atom is 0.243 e. The van der Waals surface area contributed by atoms with Gasteiger partial charge < -0.3 is 10.6 Å². The molecule has 0 spiro atoms. The molecule has 1 aromatic rings. The van der Waals surface area contributed by atoms with Gasteiger partial charge in [-0.3, -0.25) is 4.79 Å². The molecular weight excluding hydrogens is 195 g/mol. The molecule has 15 heavy (non-hydrogen) atoms. The summed E-state index contributed by atoms with van der Waals surface area (Å²) in [6.07, 6.45) is 0.568. The minimum Gasteiger partial charge on any atom is -0.320 e. The van der Waals surface area contributed by atoms with Crippen molar-refractivity contribution in [1.29, 1.82) is 0 Å². The minimum absolute atomic E-state index is 0.205. The summed E-state index contributed by atoms with van der Waals surface area (Å²) < 4.78 is 12.9. The second kappa shape index (κ2) is 4.89. The van der Waals surface area contributed by atoms with E-state index in [1.165, 1.54) is 17.0 Å². The number of nitrogens with two attached hydrogens (primary N) is 1. The topological polar surface area (TPSA) is 46.3 Å². The molecule has 0 aromatic heterocycles. The van der Waals surface area contributed by atoms with Crippen molar-refractivity contribution < 1.29 is 9.18 Å². The molecule has 82 valence electrons. The third kappa shape index (κ3) is 2.76. The van der Waals surface area contributed by atoms with Crippen molar-refractivity contribution in [1.82, 2.24) is 0 Å². The number of likely N-dealkylation sites (N-methyl/N-ethyl adjacent to an activating group) is 1. The van der Waals surface area contributed by atoms with Gasteiger partial charge in [0.15, 0.2) is 0 Å². The monoisotopic (exact) mass is 210 g/mol. The first-order valence-corrected chi connectivity index (χ1v) is 4.85. The first-order valence-electron chi connectivity index (χ1n) is 4.85. The maximum absolute atomic E-state index is 12.9. The number of hydrogen-bond donors (Lipinski definition) is 1. The van der Waals surface area contributed by atoms with Gasteiger partial charge >= 0.3 is 0 Å². The van der Waals surface area contributed by atoms with Crippen LogP contribution in [0.2, 0.25) is 0 Å². The average Bonchev–Trinajstić information content (AvgIpc) is 2.26. The van der Waals surface area contributed by atoms with Crippen LogP contribution in [0.4, 0.5) is 10.1 Å². The SMILES string of the molecule is CC[C@H](N)C(=O)N(C)c1cccc(F)c1. The predicted molar refractivity (Wildman–Crippen MR) is 58.1 cm³/mol. The van der Waals surface area contributed by atoms with Crippen LogP contribution in [0.15, 0.2) is 24.3 Å². The van der Waals surface area contributed by atoms with Gasteiger partial charge in [-0.15, -0.1) is 0 Å². The van der Waals surface area contributed by atoms with Crippen molar-refractivity contribution in [2.75, 3.05) is 11.9 Å². The van der Waals surface area contributed by atoms with E-state index in [9.17, 15) is 9.18 Å². The number of anilines is 1. The van der Waals surface area contributed by atoms with Crippen molar-refractivity contribution >= 4 is 11.6 Å². The molecular formula is C11H15FN2O. The zero-order valence-electron chi connectivity index (χ0n) is 8.90. The van der Waals surface area contributed by atoms with Gasteiger partial charge in [0, 0.05) is 12.7 Å². The third-order valence-electron chi connectivity index (χ3n) is 2.28. The fourth-order valence-corrected chi connectivity index (χ4v) is 1.24. The van der Waals surface area contributed by atoms with Crippen LogP contribution < -0.4 is 10.6 Å². The number of benzene rings is 1. The summed E-state index contributed by atoms with van der Waals surface area (Å²) in [4.78, 5) is 13.0. The molecule has 1 aromatic carbocycles. The van der Waals surface area contributed by atoms with Gasteiger partial charge in [-0.1, -0.05) is 13.0 Å². The molecule has 4 heteroatoms. The normalized spacial score (nSPS) is 12.3. The number of halogens is 1. The first kappa shape index (κ1) is 11.7. The molecule has 0 heterocycles. The van der Waals surface area contributed by atoms with Crippen molar-refractivity contribution in [2.24, 2.45) is 5.73 Å². The molecule has 0 saturated heterocycles. The molecule has 2 N–H and O–H groups in total. The summed E-state index contributed by atoms with van der Waals surface area (Å²) in [7, 11) is 1.59. The largest absolute Gasteiger partial charge is 0.320 e. The molecule has 1 rings (SSSR count). The Labute approximate surface area is 88.7 Å². The summed E-state index contributed by atoms with van der Waals surface area (Å²) in [5, 5.41) is 0. The van der Waals surface area contributed by atoms with Crippen molar-refractivity contribution in [3.05, 3.63) is 30.1 Å². The number of nitrogens with zero attached hydrogens (tertiary/aromatic N) is 1. The second-order valence-electron chi connectivity index (χ2n) is 3.39. The smallest absolute Gasteiger partial charge is 0.243 e. The molecule has 0 saturated carbocycles. The van der Waals surface area contributed by atoms with Gasteiger partial charge in [0.1, 0.15) is 5.82 Å². The van der Waals surface area contributed by atoms with Crippen LogP contribution in [0.25, 0.3) is 0 Å². The highest BCUT2D eigenvalue weighted by Gasteiger charge is 2.17. The minimum atomic E-state index is -0.529. The quantitative estimate of drug-likeness (QED) is 0.822. The van der Waals surface area contributed by atoms with E-state index in [4.69, 9.17) is 5.73 Å². The van der Waals surface area contributed by atoms with Gasteiger partial charge in [-0.05, 0) is 24.6 Å². The molecule has 1 amide bonds. The van der Waals surface area contributed by atoms with Crippen molar-refractivity contribution in [3.8, 4) is 0 Å². The Morgan fingerprint density at radius 1 is 1.60 bits per heavy atom. The zero-order valence-corrected chi connectivity index (χ0v) is 8.90. The van der Waals surface area contributed by atoms with E-state index in [0.29, 0.717) is 12.1 Å². The van der Waals surface area contributed by atoms with Crippen molar-refractivity contribution in [3.63, 3.8) is 0 Å². The van der Waals surface area contributed by atoms with Crippen LogP contribution >= 0.6 is 0 Å². The van der Waals surface area contributed by atoms with Gasteiger partial charge in [-0.2, -0.15) is 0 Å². The lowest BCUT2D eigenvalue weighted by Gasteiger charge is -2.20. The number of carbonyl (C=O) groups is 1. The van der Waals surface area contributed by atoms with E-state index in [-0.39, 0.29) is 11.7 Å². The lowest BCUT2D eigenvalue weighted by atomic mass is 10.2. The van der Waals surface area contributed by atoms with Crippen LogP contribution in [-0.4, -0.2) is 19.0 Å². The average molecular weight is 210 g/mol. The first-order chi connectivity index (χ1) is 7.06. The Bertz CT molecular complexity index is 354. The van der Waals surface area contributed by atoms with E-state index < -0.39 is 6.04 Å². The standard InChI is InChI=1S/C11H15FN2O/c1-3-10(13)11(15)14(2)9-6-4-5-8(12)7-9/h4-7,10H,3,13H2,1-2H3/t10-/m0/s1. The summed E-state index contributed by atoms with van der Waals surface area (Å²) in [5.41, 5.74) is 6.13. The van der Waals surface area contributed by atoms with Crippen LogP contribution in [0.5, 0.6) is 0 Å². The highest BCUT2D eigenvalue weighted by molar-refractivity contribution is 5.96. The Kier molecular flexibility index (Phi) is 3.80. The molecule has 0 fully saturated rings. The van der Waals surface area contributed by atoms with Gasteiger partial charge in [0.25, 0.3) is 0 Å². The molecule has 3 nitrogen and oxygen atoms in total. The number of amides is 1. The predicted octanol–water partition coefficient (Wildman–Crippen LogP) is 1.53.